The summed E-state index contributed by atoms with van der Waals surface area (Å²) in [6, 6.07) is 0. The molecule has 0 rings (SSSR count). The van der Waals surface area contributed by atoms with E-state index in [1.165, 1.54) is 102 Å². The van der Waals surface area contributed by atoms with E-state index in [0.29, 0.717) is 0 Å². The summed E-state index contributed by atoms with van der Waals surface area (Å²) in [5, 5.41) is 7.37. The Kier molecular flexibility index (Phi) is 22.4. The minimum Gasteiger partial charge on any atom is -0.379 e. The first-order valence-corrected chi connectivity index (χ1v) is 9.72. The Bertz CT molecular complexity index is 213. The minimum atomic E-state index is 0. The summed E-state index contributed by atoms with van der Waals surface area (Å²) >= 11 is 1.48. The van der Waals surface area contributed by atoms with E-state index < -0.39 is 0 Å². The minimum absolute atomic E-state index is 0. The molecule has 0 aliphatic carbocycles. The van der Waals surface area contributed by atoms with Crippen LogP contribution >= 0.6 is 24.2 Å². The number of unbranched alkanes of at least 4 members (excludes halogenated alkanes) is 13. The fourth-order valence-corrected chi connectivity index (χ4v) is 3.05. The maximum Gasteiger partial charge on any atom is 0.151 e. The molecule has 0 bridgehead atoms. The van der Waals surface area contributed by atoms with Crippen LogP contribution in [0.2, 0.25) is 0 Å². The fraction of sp³-hybridized carbons (Fsp3) is 0.941. The van der Waals surface area contributed by atoms with Gasteiger partial charge in [-0.25, -0.2) is 0 Å². The molecule has 0 fully saturated rings. The van der Waals surface area contributed by atoms with Crippen molar-refractivity contribution >= 4 is 29.3 Å². The first-order valence-electron chi connectivity index (χ1n) is 8.74. The number of rotatable bonds is 15. The Morgan fingerprint density at radius 3 is 1.38 bits per heavy atom. The number of hydrogen-bond donors (Lipinski definition) is 2. The monoisotopic (exact) mass is 336 g/mol. The molecule has 0 saturated carbocycles. The van der Waals surface area contributed by atoms with Crippen LogP contribution in [0, 0.1) is 5.41 Å². The van der Waals surface area contributed by atoms with Crippen molar-refractivity contribution in [3.63, 3.8) is 0 Å². The highest BCUT2D eigenvalue weighted by molar-refractivity contribution is 8.13. The van der Waals surface area contributed by atoms with Crippen molar-refractivity contribution in [1.29, 1.82) is 5.41 Å². The third kappa shape index (κ3) is 22.5. The van der Waals surface area contributed by atoms with Crippen molar-refractivity contribution in [2.24, 2.45) is 5.73 Å². The van der Waals surface area contributed by atoms with Crippen LogP contribution in [-0.4, -0.2) is 10.9 Å². The molecule has 0 aliphatic rings. The van der Waals surface area contributed by atoms with Gasteiger partial charge in [-0.15, -0.1) is 12.4 Å². The normalized spacial score (nSPS) is 10.3. The molecule has 128 valence electrons. The smallest absolute Gasteiger partial charge is 0.151 e. The first-order chi connectivity index (χ1) is 9.77. The maximum atomic E-state index is 7.11. The summed E-state index contributed by atoms with van der Waals surface area (Å²) in [4.78, 5) is 0. The van der Waals surface area contributed by atoms with E-state index in [9.17, 15) is 0 Å². The lowest BCUT2D eigenvalue weighted by molar-refractivity contribution is 0.538. The van der Waals surface area contributed by atoms with E-state index in [4.69, 9.17) is 11.1 Å². The fourth-order valence-electron chi connectivity index (χ4n) is 2.48. The summed E-state index contributed by atoms with van der Waals surface area (Å²) in [5.74, 6) is 1.02. The van der Waals surface area contributed by atoms with E-state index in [-0.39, 0.29) is 17.6 Å². The van der Waals surface area contributed by atoms with Gasteiger partial charge in [0, 0.05) is 5.75 Å². The molecule has 0 aliphatic heterocycles. The van der Waals surface area contributed by atoms with Gasteiger partial charge >= 0.3 is 0 Å². The number of hydrogen-bond acceptors (Lipinski definition) is 2. The molecule has 0 amide bonds. The van der Waals surface area contributed by atoms with Gasteiger partial charge in [0.25, 0.3) is 0 Å². The molecular formula is C17H37ClN2S. The number of nitrogens with two attached hydrogens (primary N) is 1. The lowest BCUT2D eigenvalue weighted by atomic mass is 10.0. The topological polar surface area (TPSA) is 49.9 Å². The quantitative estimate of drug-likeness (QED) is 0.203. The Morgan fingerprint density at radius 1 is 0.714 bits per heavy atom. The van der Waals surface area contributed by atoms with Crippen molar-refractivity contribution in [3.8, 4) is 0 Å². The standard InChI is InChI=1S/C17H36N2S.ClH/c1-2-3-4-5-6-7-8-9-10-11-12-13-14-15-16-20-17(18)19;/h2-16H2,1H3,(H3,18,19);1H. The van der Waals surface area contributed by atoms with Crippen LogP contribution in [0.4, 0.5) is 0 Å². The molecule has 0 aromatic rings. The number of halogens is 1. The van der Waals surface area contributed by atoms with Crippen LogP contribution in [0.25, 0.3) is 0 Å². The lowest BCUT2D eigenvalue weighted by Crippen LogP contribution is -2.04. The van der Waals surface area contributed by atoms with E-state index in [1.54, 1.807) is 0 Å². The van der Waals surface area contributed by atoms with Gasteiger partial charge in [0.15, 0.2) is 5.17 Å². The second-order valence-electron chi connectivity index (χ2n) is 5.81. The van der Waals surface area contributed by atoms with Crippen LogP contribution in [0.15, 0.2) is 0 Å². The largest absolute Gasteiger partial charge is 0.379 e. The second kappa shape index (κ2) is 20.1. The van der Waals surface area contributed by atoms with Crippen LogP contribution in [0.1, 0.15) is 96.8 Å². The highest BCUT2D eigenvalue weighted by atomic mass is 35.5. The molecule has 3 N–H and O–H groups in total. The zero-order valence-electron chi connectivity index (χ0n) is 14.0. The van der Waals surface area contributed by atoms with Gasteiger partial charge in [0.2, 0.25) is 0 Å². The third-order valence-corrected chi connectivity index (χ3v) is 4.56. The van der Waals surface area contributed by atoms with Crippen molar-refractivity contribution < 1.29 is 0 Å². The van der Waals surface area contributed by atoms with Crippen LogP contribution in [-0.2, 0) is 0 Å². The third-order valence-electron chi connectivity index (χ3n) is 3.76. The Labute approximate surface area is 143 Å². The number of nitrogens with one attached hydrogen (secondary N) is 1. The maximum absolute atomic E-state index is 7.11. The van der Waals surface area contributed by atoms with Crippen molar-refractivity contribution in [2.45, 2.75) is 96.8 Å². The van der Waals surface area contributed by atoms with E-state index in [1.807, 2.05) is 0 Å². The average molecular weight is 337 g/mol. The van der Waals surface area contributed by atoms with Crippen molar-refractivity contribution in [3.05, 3.63) is 0 Å². The summed E-state index contributed by atoms with van der Waals surface area (Å²) in [6.45, 7) is 2.28. The van der Waals surface area contributed by atoms with Crippen LogP contribution in [0.3, 0.4) is 0 Å². The number of thioether (sulfide) groups is 1. The predicted molar refractivity (Wildman–Crippen MR) is 102 cm³/mol. The number of amidine groups is 1. The summed E-state index contributed by atoms with van der Waals surface area (Å²) in [5.41, 5.74) is 5.29. The van der Waals surface area contributed by atoms with E-state index in [2.05, 4.69) is 6.92 Å². The highest BCUT2D eigenvalue weighted by Gasteiger charge is 1.95. The molecule has 0 aromatic carbocycles. The first kappa shape index (κ1) is 23.4. The predicted octanol–water partition coefficient (Wildman–Crippen LogP) is 6.52. The van der Waals surface area contributed by atoms with Crippen LogP contribution < -0.4 is 5.73 Å². The SMILES string of the molecule is CCCCCCCCCCCCCCCCSC(=N)N.Cl. The second-order valence-corrected chi connectivity index (χ2v) is 6.95. The van der Waals surface area contributed by atoms with E-state index in [0.717, 1.165) is 5.75 Å². The van der Waals surface area contributed by atoms with Crippen molar-refractivity contribution in [2.75, 3.05) is 5.75 Å². The Morgan fingerprint density at radius 2 is 1.05 bits per heavy atom. The van der Waals surface area contributed by atoms with Gasteiger partial charge in [-0.2, -0.15) is 0 Å². The molecule has 2 nitrogen and oxygen atoms in total. The van der Waals surface area contributed by atoms with Gasteiger partial charge in [0.1, 0.15) is 0 Å². The van der Waals surface area contributed by atoms with Gasteiger partial charge in [-0.05, 0) is 6.42 Å². The summed E-state index contributed by atoms with van der Waals surface area (Å²) < 4.78 is 0. The molecule has 0 radical (unpaired) electrons. The Balaban J connectivity index is 0. The zero-order chi connectivity index (χ0) is 14.9. The molecule has 21 heavy (non-hydrogen) atoms. The van der Waals surface area contributed by atoms with Gasteiger partial charge in [-0.3, -0.25) is 5.41 Å². The molecule has 0 heterocycles. The van der Waals surface area contributed by atoms with E-state index >= 15 is 0 Å². The van der Waals surface area contributed by atoms with Crippen molar-refractivity contribution in [1.82, 2.24) is 0 Å². The lowest BCUT2D eigenvalue weighted by Gasteiger charge is -2.03. The summed E-state index contributed by atoms with van der Waals surface area (Å²) in [6.07, 6.45) is 19.6. The van der Waals surface area contributed by atoms with Crippen LogP contribution in [0.5, 0.6) is 0 Å². The highest BCUT2D eigenvalue weighted by Crippen LogP contribution is 2.13. The average Bonchev–Trinajstić information content (AvgIpc) is 2.43. The molecule has 0 atom stereocenters. The van der Waals surface area contributed by atoms with Gasteiger partial charge in [0.05, 0.1) is 0 Å². The van der Waals surface area contributed by atoms with Gasteiger partial charge < -0.3 is 5.73 Å². The Hall–Kier alpha value is 0.110. The molecule has 0 aromatic heterocycles. The molecule has 0 spiro atoms. The molecule has 0 unspecified atom stereocenters. The molecular weight excluding hydrogens is 300 g/mol. The summed E-state index contributed by atoms with van der Waals surface area (Å²) in [7, 11) is 0. The zero-order valence-corrected chi connectivity index (χ0v) is 15.6. The molecule has 0 saturated heterocycles. The van der Waals surface area contributed by atoms with Gasteiger partial charge in [-0.1, -0.05) is 102 Å². The molecule has 4 heteroatoms.